The zero-order chi connectivity index (χ0) is 9.97. The van der Waals surface area contributed by atoms with E-state index >= 15 is 0 Å². The van der Waals surface area contributed by atoms with Crippen LogP contribution >= 0.6 is 0 Å². The number of anilines is 1. The summed E-state index contributed by atoms with van der Waals surface area (Å²) < 4.78 is 4.62. The van der Waals surface area contributed by atoms with E-state index in [4.69, 9.17) is 0 Å². The lowest BCUT2D eigenvalue weighted by Crippen LogP contribution is -2.06. The summed E-state index contributed by atoms with van der Waals surface area (Å²) in [7, 11) is 1.37. The summed E-state index contributed by atoms with van der Waals surface area (Å²) in [6.07, 6.45) is 3.98. The number of pyridine rings is 1. The van der Waals surface area contributed by atoms with Crippen LogP contribution in [0.25, 0.3) is 0 Å². The molecule has 14 heavy (non-hydrogen) atoms. The highest BCUT2D eigenvalue weighted by Gasteiger charge is 2.21. The Hall–Kier alpha value is -1.58. The molecule has 0 unspecified atom stereocenters. The number of hydrogen-bond donors (Lipinski definition) is 1. The second-order valence-electron chi connectivity index (χ2n) is 3.34. The predicted octanol–water partition coefficient (Wildman–Crippen LogP) is 1.44. The van der Waals surface area contributed by atoms with E-state index in [9.17, 15) is 4.79 Å². The molecule has 0 bridgehead atoms. The van der Waals surface area contributed by atoms with Gasteiger partial charge in [0.2, 0.25) is 0 Å². The first-order chi connectivity index (χ1) is 6.79. The molecule has 1 saturated carbocycles. The number of carbonyl (C=O) groups excluding carboxylic acids is 1. The van der Waals surface area contributed by atoms with Gasteiger partial charge in [0.1, 0.15) is 5.82 Å². The van der Waals surface area contributed by atoms with Crippen LogP contribution < -0.4 is 5.32 Å². The van der Waals surface area contributed by atoms with Crippen molar-refractivity contribution >= 4 is 11.8 Å². The van der Waals surface area contributed by atoms with E-state index in [0.29, 0.717) is 11.6 Å². The number of aromatic nitrogens is 1. The highest BCUT2D eigenvalue weighted by atomic mass is 16.5. The van der Waals surface area contributed by atoms with Gasteiger partial charge in [-0.05, 0) is 25.0 Å². The maximum absolute atomic E-state index is 11.2. The summed E-state index contributed by atoms with van der Waals surface area (Å²) in [5.74, 6) is 0.418. The Morgan fingerprint density at radius 1 is 1.64 bits per heavy atom. The Labute approximate surface area is 82.3 Å². The molecule has 1 fully saturated rings. The maximum Gasteiger partial charge on any atom is 0.338 e. The molecule has 4 heteroatoms. The van der Waals surface area contributed by atoms with Gasteiger partial charge in [-0.15, -0.1) is 0 Å². The van der Waals surface area contributed by atoms with E-state index in [1.165, 1.54) is 20.0 Å². The average molecular weight is 192 g/mol. The van der Waals surface area contributed by atoms with Crippen LogP contribution in [0.3, 0.4) is 0 Å². The van der Waals surface area contributed by atoms with Crippen molar-refractivity contribution in [1.82, 2.24) is 4.98 Å². The minimum absolute atomic E-state index is 0.328. The van der Waals surface area contributed by atoms with Crippen molar-refractivity contribution < 1.29 is 9.53 Å². The number of nitrogens with one attached hydrogen (secondary N) is 1. The van der Waals surface area contributed by atoms with Crippen molar-refractivity contribution in [2.75, 3.05) is 12.4 Å². The molecule has 1 aromatic heterocycles. The molecular formula is C10H12N2O2. The van der Waals surface area contributed by atoms with Gasteiger partial charge in [-0.25, -0.2) is 9.78 Å². The number of rotatable bonds is 3. The Balaban J connectivity index is 2.12. The minimum Gasteiger partial charge on any atom is -0.465 e. The van der Waals surface area contributed by atoms with Gasteiger partial charge in [0.05, 0.1) is 12.7 Å². The summed E-state index contributed by atoms with van der Waals surface area (Å²) in [4.78, 5) is 15.3. The molecular weight excluding hydrogens is 180 g/mol. The highest BCUT2D eigenvalue weighted by molar-refractivity contribution is 5.89. The van der Waals surface area contributed by atoms with Gasteiger partial charge in [0, 0.05) is 12.2 Å². The monoisotopic (exact) mass is 192 g/mol. The molecule has 0 aromatic carbocycles. The molecule has 0 aliphatic heterocycles. The lowest BCUT2D eigenvalue weighted by molar-refractivity contribution is 0.0600. The van der Waals surface area contributed by atoms with Gasteiger partial charge in [-0.3, -0.25) is 0 Å². The molecule has 0 radical (unpaired) electrons. The summed E-state index contributed by atoms with van der Waals surface area (Å²) in [5, 5.41) is 3.22. The number of methoxy groups -OCH3 is 1. The number of ether oxygens (including phenoxy) is 1. The molecule has 74 valence electrons. The molecule has 0 amide bonds. The lowest BCUT2D eigenvalue weighted by atomic mass is 10.2. The molecule has 1 aromatic rings. The molecule has 1 heterocycles. The summed E-state index contributed by atoms with van der Waals surface area (Å²) in [6, 6.07) is 3.89. The third-order valence-electron chi connectivity index (χ3n) is 2.11. The first-order valence-corrected chi connectivity index (χ1v) is 4.60. The fourth-order valence-corrected chi connectivity index (χ4v) is 1.19. The predicted molar refractivity (Wildman–Crippen MR) is 52.2 cm³/mol. The second kappa shape index (κ2) is 3.65. The molecule has 1 aliphatic carbocycles. The quantitative estimate of drug-likeness (QED) is 0.736. The maximum atomic E-state index is 11.2. The first kappa shape index (κ1) is 8.99. The van der Waals surface area contributed by atoms with Gasteiger partial charge in [-0.2, -0.15) is 0 Å². The molecule has 1 aliphatic rings. The largest absolute Gasteiger partial charge is 0.465 e. The second-order valence-corrected chi connectivity index (χ2v) is 3.34. The van der Waals surface area contributed by atoms with Crippen LogP contribution in [0.4, 0.5) is 5.82 Å². The molecule has 0 saturated heterocycles. The molecule has 0 atom stereocenters. The summed E-state index contributed by atoms with van der Waals surface area (Å²) in [6.45, 7) is 0. The van der Waals surface area contributed by atoms with Crippen molar-refractivity contribution in [1.29, 1.82) is 0 Å². The van der Waals surface area contributed by atoms with Crippen LogP contribution in [0.2, 0.25) is 0 Å². The number of carbonyl (C=O) groups is 1. The fourth-order valence-electron chi connectivity index (χ4n) is 1.19. The topological polar surface area (TPSA) is 51.2 Å². The Morgan fingerprint density at radius 2 is 2.43 bits per heavy atom. The standard InChI is InChI=1S/C10H12N2O2/c1-14-10(13)7-4-5-11-9(6-7)12-8-2-3-8/h4-6,8H,2-3H2,1H3,(H,11,12). The van der Waals surface area contributed by atoms with E-state index in [2.05, 4.69) is 15.0 Å². The number of nitrogens with zero attached hydrogens (tertiary/aromatic N) is 1. The smallest absolute Gasteiger partial charge is 0.338 e. The van der Waals surface area contributed by atoms with Gasteiger partial charge in [-0.1, -0.05) is 0 Å². The SMILES string of the molecule is COC(=O)c1ccnc(NC2CC2)c1. The highest BCUT2D eigenvalue weighted by Crippen LogP contribution is 2.23. The van der Waals surface area contributed by atoms with Crippen molar-refractivity contribution in [3.8, 4) is 0 Å². The Kier molecular flexibility index (Phi) is 2.35. The van der Waals surface area contributed by atoms with Crippen LogP contribution in [-0.2, 0) is 4.74 Å². The zero-order valence-corrected chi connectivity index (χ0v) is 7.99. The van der Waals surface area contributed by atoms with Crippen LogP contribution in [0.15, 0.2) is 18.3 Å². The van der Waals surface area contributed by atoms with E-state index < -0.39 is 0 Å². The van der Waals surface area contributed by atoms with Crippen LogP contribution in [0.5, 0.6) is 0 Å². The minimum atomic E-state index is -0.328. The normalized spacial score (nSPS) is 14.9. The Bertz CT molecular complexity index is 348. The number of esters is 1. The molecule has 0 spiro atoms. The van der Waals surface area contributed by atoms with E-state index in [1.54, 1.807) is 18.3 Å². The van der Waals surface area contributed by atoms with E-state index in [-0.39, 0.29) is 5.97 Å². The van der Waals surface area contributed by atoms with Crippen LogP contribution in [-0.4, -0.2) is 24.1 Å². The number of hydrogen-bond acceptors (Lipinski definition) is 4. The lowest BCUT2D eigenvalue weighted by Gasteiger charge is -2.04. The van der Waals surface area contributed by atoms with Crippen molar-refractivity contribution in [3.05, 3.63) is 23.9 Å². The van der Waals surface area contributed by atoms with Gasteiger partial charge in [0.25, 0.3) is 0 Å². The third kappa shape index (κ3) is 2.02. The first-order valence-electron chi connectivity index (χ1n) is 4.60. The summed E-state index contributed by atoms with van der Waals surface area (Å²) >= 11 is 0. The van der Waals surface area contributed by atoms with Crippen molar-refractivity contribution in [2.24, 2.45) is 0 Å². The van der Waals surface area contributed by atoms with Crippen molar-refractivity contribution in [3.63, 3.8) is 0 Å². The molecule has 1 N–H and O–H groups in total. The van der Waals surface area contributed by atoms with Crippen LogP contribution in [0, 0.1) is 0 Å². The average Bonchev–Trinajstić information content (AvgIpc) is 3.01. The van der Waals surface area contributed by atoms with E-state index in [0.717, 1.165) is 5.82 Å². The van der Waals surface area contributed by atoms with Crippen LogP contribution in [0.1, 0.15) is 23.2 Å². The Morgan fingerprint density at radius 3 is 3.07 bits per heavy atom. The fraction of sp³-hybridized carbons (Fsp3) is 0.400. The third-order valence-corrected chi connectivity index (χ3v) is 2.11. The van der Waals surface area contributed by atoms with Gasteiger partial charge < -0.3 is 10.1 Å². The van der Waals surface area contributed by atoms with Gasteiger partial charge >= 0.3 is 5.97 Å². The van der Waals surface area contributed by atoms with E-state index in [1.807, 2.05) is 0 Å². The summed E-state index contributed by atoms with van der Waals surface area (Å²) in [5.41, 5.74) is 0.533. The molecule has 2 rings (SSSR count). The molecule has 4 nitrogen and oxygen atoms in total. The zero-order valence-electron chi connectivity index (χ0n) is 7.99. The van der Waals surface area contributed by atoms with Crippen molar-refractivity contribution in [2.45, 2.75) is 18.9 Å². The van der Waals surface area contributed by atoms with Gasteiger partial charge in [0.15, 0.2) is 0 Å².